The summed E-state index contributed by atoms with van der Waals surface area (Å²) in [6.45, 7) is 41.0. The van der Waals surface area contributed by atoms with Crippen molar-refractivity contribution in [2.45, 2.75) is 232 Å². The second-order valence-corrected chi connectivity index (χ2v) is 43.6. The van der Waals surface area contributed by atoms with E-state index in [1.54, 1.807) is 33.2 Å². The molecule has 2 amide bonds. The second kappa shape index (κ2) is 26.6. The number of hydrogen-bond donors (Lipinski definition) is 2. The molecule has 1 unspecified atom stereocenters. The molecule has 3 aromatic carbocycles. The molecule has 80 heavy (non-hydrogen) atoms. The van der Waals surface area contributed by atoms with Gasteiger partial charge in [0.15, 0.2) is 25.0 Å². The number of unbranched alkanes of at least 4 members (excludes halogenated alkanes) is 3. The van der Waals surface area contributed by atoms with Gasteiger partial charge in [0.2, 0.25) is 5.91 Å². The Kier molecular flexibility index (Phi) is 21.6. The third-order valence-corrected chi connectivity index (χ3v) is 32.5. The number of carbonyl (C=O) groups excluding carboxylic acids is 3. The first-order valence-electron chi connectivity index (χ1n) is 29.5. The summed E-state index contributed by atoms with van der Waals surface area (Å²) >= 11 is 1.89. The number of esters is 1. The number of pyridine rings is 1. The highest BCUT2D eigenvalue weighted by Crippen LogP contribution is 2.51. The lowest BCUT2D eigenvalue weighted by atomic mass is 9.84. The highest BCUT2D eigenvalue weighted by molar-refractivity contribution is 7.19. The molecule has 440 valence electrons. The minimum absolute atomic E-state index is 0.00735. The Labute approximate surface area is 488 Å². The number of thiophene rings is 1. The molecule has 5 aromatic rings. The van der Waals surface area contributed by atoms with Crippen LogP contribution < -0.4 is 10.6 Å². The minimum atomic E-state index is -2.15. The number of hydrogen-bond acceptors (Lipinski definition) is 10. The van der Waals surface area contributed by atoms with E-state index in [1.807, 2.05) is 59.9 Å². The van der Waals surface area contributed by atoms with Crippen LogP contribution in [0.5, 0.6) is 0 Å². The van der Waals surface area contributed by atoms with E-state index in [-0.39, 0.29) is 58.5 Å². The van der Waals surface area contributed by atoms with Gasteiger partial charge in [0.05, 0.1) is 24.2 Å². The van der Waals surface area contributed by atoms with Gasteiger partial charge >= 0.3 is 12.1 Å². The molecule has 1 fully saturated rings. The summed E-state index contributed by atoms with van der Waals surface area (Å²) in [6.07, 6.45) is 11.2. The summed E-state index contributed by atoms with van der Waals surface area (Å²) in [6, 6.07) is 26.1. The zero-order valence-electron chi connectivity index (χ0n) is 52.0. The quantitative estimate of drug-likeness (QED) is 0.0352. The molecule has 2 heterocycles. The van der Waals surface area contributed by atoms with E-state index in [9.17, 15) is 14.4 Å². The first-order valence-corrected chi connectivity index (χ1v) is 39.0. The third kappa shape index (κ3) is 17.9. The number of anilines is 1. The van der Waals surface area contributed by atoms with E-state index >= 15 is 0 Å². The van der Waals surface area contributed by atoms with Gasteiger partial charge in [0, 0.05) is 46.0 Å². The zero-order valence-corrected chi connectivity index (χ0v) is 55.8. The predicted molar refractivity (Wildman–Crippen MR) is 339 cm³/mol. The van der Waals surface area contributed by atoms with Crippen LogP contribution in [0.3, 0.4) is 0 Å². The minimum Gasteiger partial charge on any atom is -0.461 e. The molecule has 0 bridgehead atoms. The van der Waals surface area contributed by atoms with Crippen LogP contribution in [0.15, 0.2) is 91.3 Å². The first kappa shape index (κ1) is 64.9. The standard InChI is InChI=1S/C65H99N3O8SSi3/c1-62(2,3)73-61(71)67-43-53(60(70)68-50-34-33-49-42-66-38-37-47(49)39-50)46-31-29-45(30-32-46)44-72-59(69)28-22-20-19-21-26-51-52(56(76-80(17,18)65(10,11)12)41-55(51)75-79(15,16)64(7,8)9)35-36-54(74-78(13,14)63(4,5)6)58-40-48-25-23-24-27-57(48)77-58/h23-25,27,29-34,37-40,42,51-56H,19-22,26,28,35-36,41,43-44H2,1-18H3,(H,67,71)(H,68,70)/t51-,52-,53?,54-,55-,56-/m1/s1. The van der Waals surface area contributed by atoms with Gasteiger partial charge in [-0.25, -0.2) is 4.79 Å². The molecule has 0 radical (unpaired) electrons. The molecule has 1 saturated carbocycles. The Morgan fingerprint density at radius 1 is 0.675 bits per heavy atom. The van der Waals surface area contributed by atoms with Crippen molar-refractivity contribution in [1.29, 1.82) is 0 Å². The van der Waals surface area contributed by atoms with Crippen molar-refractivity contribution in [1.82, 2.24) is 10.3 Å². The zero-order chi connectivity index (χ0) is 59.1. The molecular weight excluding hydrogens is 1070 g/mol. The van der Waals surface area contributed by atoms with Crippen LogP contribution in [-0.2, 0) is 38.9 Å². The van der Waals surface area contributed by atoms with E-state index in [1.165, 1.54) is 15.0 Å². The number of benzene rings is 3. The van der Waals surface area contributed by atoms with Crippen molar-refractivity contribution < 1.29 is 37.1 Å². The SMILES string of the molecule is CC(C)(C)OC(=O)NCC(C(=O)Nc1ccc2cnccc2c1)c1ccc(COC(=O)CCCCCC[C@@H]2[C@@H](CC[C@@H](O[Si](C)(C)C(C)(C)C)c3cc4ccccc4s3)[C@H](O[Si](C)(C)C(C)(C)C)C[C@H]2O[Si](C)(C)C(C)(C)C)cc1. The van der Waals surface area contributed by atoms with Crippen molar-refractivity contribution in [2.24, 2.45) is 11.8 Å². The predicted octanol–water partition coefficient (Wildman–Crippen LogP) is 18.0. The molecule has 1 aliphatic rings. The lowest BCUT2D eigenvalue weighted by Gasteiger charge is -2.41. The molecule has 2 aromatic heterocycles. The molecule has 6 rings (SSSR count). The summed E-state index contributed by atoms with van der Waals surface area (Å²) in [5, 5.41) is 9.24. The lowest BCUT2D eigenvalue weighted by molar-refractivity contribution is -0.145. The van der Waals surface area contributed by atoms with Gasteiger partial charge in [-0.05, 0) is 171 Å². The van der Waals surface area contributed by atoms with Gasteiger partial charge in [-0.1, -0.05) is 130 Å². The number of amides is 2. The number of ether oxygens (including phenoxy) is 2. The number of alkyl carbamates (subject to hydrolysis) is 1. The molecule has 2 N–H and O–H groups in total. The average molecular weight is 1170 g/mol. The third-order valence-electron chi connectivity index (χ3n) is 17.8. The maximum atomic E-state index is 13.9. The van der Waals surface area contributed by atoms with Crippen LogP contribution in [0.25, 0.3) is 20.9 Å². The highest BCUT2D eigenvalue weighted by atomic mass is 32.1. The Morgan fingerprint density at radius 3 is 1.90 bits per heavy atom. The summed E-state index contributed by atoms with van der Waals surface area (Å²) in [5.74, 6) is -0.559. The van der Waals surface area contributed by atoms with Crippen molar-refractivity contribution in [3.63, 3.8) is 0 Å². The average Bonchev–Trinajstić information content (AvgIpc) is 3.92. The van der Waals surface area contributed by atoms with E-state index in [2.05, 4.69) is 148 Å². The van der Waals surface area contributed by atoms with Crippen LogP contribution in [0.4, 0.5) is 10.5 Å². The number of aromatic nitrogens is 1. The Balaban J connectivity index is 1.10. The summed E-state index contributed by atoms with van der Waals surface area (Å²) in [5.41, 5.74) is 1.45. The Hall–Kier alpha value is -4.23. The van der Waals surface area contributed by atoms with Crippen molar-refractivity contribution in [3.8, 4) is 0 Å². The maximum Gasteiger partial charge on any atom is 0.407 e. The molecule has 0 saturated heterocycles. The van der Waals surface area contributed by atoms with Crippen LogP contribution in [0, 0.1) is 11.8 Å². The lowest BCUT2D eigenvalue weighted by Crippen LogP contribution is -2.45. The van der Waals surface area contributed by atoms with E-state index in [0.29, 0.717) is 29.5 Å². The first-order chi connectivity index (χ1) is 37.1. The summed E-state index contributed by atoms with van der Waals surface area (Å²) in [4.78, 5) is 45.3. The van der Waals surface area contributed by atoms with Crippen LogP contribution in [0.2, 0.25) is 54.4 Å². The topological polar surface area (TPSA) is 134 Å². The normalized spacial score (nSPS) is 18.5. The maximum absolute atomic E-state index is 13.9. The summed E-state index contributed by atoms with van der Waals surface area (Å²) < 4.78 is 35.1. The molecule has 0 aliphatic heterocycles. The van der Waals surface area contributed by atoms with Gasteiger partial charge in [-0.2, -0.15) is 0 Å². The fraction of sp³-hybridized carbons (Fsp3) is 0.600. The molecule has 1 aliphatic carbocycles. The van der Waals surface area contributed by atoms with Gasteiger partial charge in [-0.3, -0.25) is 14.6 Å². The Morgan fingerprint density at radius 2 is 1.29 bits per heavy atom. The van der Waals surface area contributed by atoms with Crippen LogP contribution in [-0.4, -0.2) is 72.3 Å². The molecule has 15 heteroatoms. The molecule has 6 atom stereocenters. The van der Waals surface area contributed by atoms with Gasteiger partial charge in [-0.15, -0.1) is 11.3 Å². The number of nitrogens with zero attached hydrogens (tertiary/aromatic N) is 1. The van der Waals surface area contributed by atoms with Crippen LogP contribution >= 0.6 is 11.3 Å². The smallest absolute Gasteiger partial charge is 0.407 e. The van der Waals surface area contributed by atoms with E-state index in [4.69, 9.17) is 22.8 Å². The van der Waals surface area contributed by atoms with Crippen molar-refractivity contribution >= 4 is 80.8 Å². The largest absolute Gasteiger partial charge is 0.461 e. The van der Waals surface area contributed by atoms with E-state index < -0.39 is 42.6 Å². The van der Waals surface area contributed by atoms with Gasteiger partial charge < -0.3 is 33.4 Å². The summed E-state index contributed by atoms with van der Waals surface area (Å²) in [7, 11) is -6.42. The fourth-order valence-electron chi connectivity index (χ4n) is 9.94. The van der Waals surface area contributed by atoms with Crippen molar-refractivity contribution in [2.75, 3.05) is 11.9 Å². The second-order valence-electron chi connectivity index (χ2n) is 28.2. The monoisotopic (exact) mass is 1170 g/mol. The van der Waals surface area contributed by atoms with E-state index in [0.717, 1.165) is 67.7 Å². The van der Waals surface area contributed by atoms with Gasteiger partial charge in [0.25, 0.3) is 0 Å². The fourth-order valence-corrected chi connectivity index (χ4v) is 15.2. The molecule has 0 spiro atoms. The number of rotatable bonds is 24. The van der Waals surface area contributed by atoms with Gasteiger partial charge in [0.1, 0.15) is 12.2 Å². The molecular formula is C65H99N3O8SSi3. The van der Waals surface area contributed by atoms with Crippen LogP contribution in [0.1, 0.15) is 169 Å². The number of nitrogens with one attached hydrogen (secondary N) is 2. The highest BCUT2D eigenvalue weighted by Gasteiger charge is 2.51. The Bertz CT molecular complexity index is 2810. The molecule has 11 nitrogen and oxygen atoms in total. The van der Waals surface area contributed by atoms with Crippen molar-refractivity contribution in [3.05, 3.63) is 107 Å². The number of carbonyl (C=O) groups is 3. The number of fused-ring (bicyclic) bond motifs is 2.